The van der Waals surface area contributed by atoms with Crippen LogP contribution in [0, 0.1) is 0 Å². The van der Waals surface area contributed by atoms with Gasteiger partial charge in [-0.25, -0.2) is 15.0 Å². The summed E-state index contributed by atoms with van der Waals surface area (Å²) in [4.78, 5) is 11.9. The molecule has 28 heavy (non-hydrogen) atoms. The van der Waals surface area contributed by atoms with Gasteiger partial charge < -0.3 is 10.3 Å². The molecule has 0 spiro atoms. The molecule has 0 saturated carbocycles. The van der Waals surface area contributed by atoms with Gasteiger partial charge in [0.2, 0.25) is 0 Å². The van der Waals surface area contributed by atoms with Crippen LogP contribution in [0.5, 0.6) is 0 Å². The monoisotopic (exact) mass is 381 g/mol. The quantitative estimate of drug-likeness (QED) is 0.420. The van der Waals surface area contributed by atoms with Crippen LogP contribution in [0.1, 0.15) is 11.3 Å². The van der Waals surface area contributed by atoms with Gasteiger partial charge in [-0.3, -0.25) is 0 Å². The van der Waals surface area contributed by atoms with Crippen molar-refractivity contribution < 1.29 is 13.2 Å². The lowest BCUT2D eigenvalue weighted by molar-refractivity contribution is -0.141. The number of aliphatic imine (C=N–C) groups is 1. The number of benzene rings is 1. The van der Waals surface area contributed by atoms with E-state index in [1.807, 2.05) is 41.1 Å². The molecule has 0 aliphatic heterocycles. The van der Waals surface area contributed by atoms with Crippen LogP contribution in [0.4, 0.5) is 18.9 Å². The molecule has 0 saturated heterocycles. The SMILES string of the molecule is N/C(=N\c1ccc(C(F)(F)F)nc1)c1ccc(-n2ccc3cccnc32)cc1. The number of nitrogens with two attached hydrogens (primary N) is 1. The molecule has 0 bridgehead atoms. The van der Waals surface area contributed by atoms with E-state index in [0.717, 1.165) is 29.0 Å². The van der Waals surface area contributed by atoms with Gasteiger partial charge in [-0.2, -0.15) is 13.2 Å². The van der Waals surface area contributed by atoms with E-state index in [1.54, 1.807) is 18.3 Å². The van der Waals surface area contributed by atoms with E-state index in [2.05, 4.69) is 15.0 Å². The van der Waals surface area contributed by atoms with E-state index in [4.69, 9.17) is 5.73 Å². The highest BCUT2D eigenvalue weighted by Gasteiger charge is 2.32. The van der Waals surface area contributed by atoms with Gasteiger partial charge in [0.25, 0.3) is 0 Å². The number of amidine groups is 1. The number of nitrogens with zero attached hydrogens (tertiary/aromatic N) is 4. The highest BCUT2D eigenvalue weighted by molar-refractivity contribution is 5.99. The molecule has 3 aromatic heterocycles. The van der Waals surface area contributed by atoms with Gasteiger partial charge in [0, 0.05) is 29.0 Å². The molecule has 0 aliphatic carbocycles. The normalized spacial score (nSPS) is 12.5. The second-order valence-electron chi connectivity index (χ2n) is 6.05. The number of hydrogen-bond donors (Lipinski definition) is 1. The molecular weight excluding hydrogens is 367 g/mol. The summed E-state index contributed by atoms with van der Waals surface area (Å²) in [6.45, 7) is 0. The summed E-state index contributed by atoms with van der Waals surface area (Å²) >= 11 is 0. The summed E-state index contributed by atoms with van der Waals surface area (Å²) in [6.07, 6.45) is 0.219. The molecule has 0 aliphatic rings. The summed E-state index contributed by atoms with van der Waals surface area (Å²) in [5.74, 6) is 0.184. The Balaban J connectivity index is 1.59. The van der Waals surface area contributed by atoms with Crippen LogP contribution in [-0.4, -0.2) is 20.4 Å². The van der Waals surface area contributed by atoms with Crippen LogP contribution in [0.3, 0.4) is 0 Å². The molecule has 8 heteroatoms. The third kappa shape index (κ3) is 3.44. The summed E-state index contributed by atoms with van der Waals surface area (Å²) in [5.41, 5.74) is 7.66. The molecule has 0 unspecified atom stereocenters. The fraction of sp³-hybridized carbons (Fsp3) is 0.0500. The molecular formula is C20H14F3N5. The summed E-state index contributed by atoms with van der Waals surface area (Å²) in [7, 11) is 0. The maximum atomic E-state index is 12.6. The largest absolute Gasteiger partial charge is 0.433 e. The zero-order valence-corrected chi connectivity index (χ0v) is 14.4. The fourth-order valence-corrected chi connectivity index (χ4v) is 2.79. The van der Waals surface area contributed by atoms with Crippen molar-refractivity contribution in [1.82, 2.24) is 14.5 Å². The predicted octanol–water partition coefficient (Wildman–Crippen LogP) is 4.48. The first-order valence-corrected chi connectivity index (χ1v) is 8.32. The van der Waals surface area contributed by atoms with Crippen molar-refractivity contribution in [1.29, 1.82) is 0 Å². The van der Waals surface area contributed by atoms with Gasteiger partial charge in [0.1, 0.15) is 17.2 Å². The lowest BCUT2D eigenvalue weighted by atomic mass is 10.2. The molecule has 0 amide bonds. The number of rotatable bonds is 3. The van der Waals surface area contributed by atoms with Crippen LogP contribution in [0.15, 0.2) is 78.2 Å². The number of fused-ring (bicyclic) bond motifs is 1. The van der Waals surface area contributed by atoms with Gasteiger partial charge in [0.05, 0.1) is 11.9 Å². The van der Waals surface area contributed by atoms with E-state index in [0.29, 0.717) is 5.56 Å². The molecule has 5 nitrogen and oxygen atoms in total. The Labute approximate surface area is 158 Å². The van der Waals surface area contributed by atoms with Crippen LogP contribution in [0.2, 0.25) is 0 Å². The third-order valence-corrected chi connectivity index (χ3v) is 4.18. The van der Waals surface area contributed by atoms with Crippen molar-refractivity contribution >= 4 is 22.6 Å². The Hall–Kier alpha value is -3.68. The lowest BCUT2D eigenvalue weighted by Gasteiger charge is -2.07. The smallest absolute Gasteiger partial charge is 0.383 e. The molecule has 1 aromatic carbocycles. The Kier molecular flexibility index (Phi) is 4.31. The van der Waals surface area contributed by atoms with Crippen molar-refractivity contribution in [3.8, 4) is 5.69 Å². The number of aromatic nitrogens is 3. The van der Waals surface area contributed by atoms with Crippen molar-refractivity contribution in [3.05, 3.63) is 84.4 Å². The molecule has 0 atom stereocenters. The van der Waals surface area contributed by atoms with E-state index in [9.17, 15) is 13.2 Å². The molecule has 4 aromatic rings. The zero-order chi connectivity index (χ0) is 19.7. The van der Waals surface area contributed by atoms with E-state index < -0.39 is 11.9 Å². The van der Waals surface area contributed by atoms with Gasteiger partial charge in [-0.15, -0.1) is 0 Å². The van der Waals surface area contributed by atoms with Gasteiger partial charge in [-0.05, 0) is 54.6 Å². The minimum absolute atomic E-state index is 0.184. The minimum atomic E-state index is -4.49. The summed E-state index contributed by atoms with van der Waals surface area (Å²) < 4.78 is 39.7. The third-order valence-electron chi connectivity index (χ3n) is 4.18. The molecule has 0 fully saturated rings. The standard InChI is InChI=1S/C20H14F3N5/c21-20(22,23)17-8-5-15(12-26-17)27-18(24)13-3-6-16(7-4-13)28-11-9-14-2-1-10-25-19(14)28/h1-12H,(H2,24,27). The van der Waals surface area contributed by atoms with E-state index in [1.165, 1.54) is 6.07 Å². The maximum absolute atomic E-state index is 12.6. The van der Waals surface area contributed by atoms with Crippen LogP contribution >= 0.6 is 0 Å². The second kappa shape index (κ2) is 6.80. The fourth-order valence-electron chi connectivity index (χ4n) is 2.79. The lowest BCUT2D eigenvalue weighted by Crippen LogP contribution is -2.13. The molecule has 4 rings (SSSR count). The number of alkyl halides is 3. The maximum Gasteiger partial charge on any atom is 0.433 e. The topological polar surface area (TPSA) is 69.1 Å². The van der Waals surface area contributed by atoms with Gasteiger partial charge >= 0.3 is 6.18 Å². The van der Waals surface area contributed by atoms with E-state index >= 15 is 0 Å². The first-order chi connectivity index (χ1) is 13.4. The van der Waals surface area contributed by atoms with Crippen molar-refractivity contribution in [2.24, 2.45) is 10.7 Å². The van der Waals surface area contributed by atoms with Crippen LogP contribution < -0.4 is 5.73 Å². The number of halogens is 3. The Morgan fingerprint density at radius 1 is 0.964 bits per heavy atom. The predicted molar refractivity (Wildman–Crippen MR) is 101 cm³/mol. The molecule has 3 heterocycles. The first kappa shape index (κ1) is 17.7. The second-order valence-corrected chi connectivity index (χ2v) is 6.05. The average Bonchev–Trinajstić information content (AvgIpc) is 3.12. The Morgan fingerprint density at radius 3 is 2.43 bits per heavy atom. The molecule has 140 valence electrons. The van der Waals surface area contributed by atoms with Gasteiger partial charge in [-0.1, -0.05) is 0 Å². The summed E-state index contributed by atoms with van der Waals surface area (Å²) in [6, 6.07) is 15.3. The van der Waals surface area contributed by atoms with Crippen molar-refractivity contribution in [3.63, 3.8) is 0 Å². The van der Waals surface area contributed by atoms with Gasteiger partial charge in [0.15, 0.2) is 0 Å². The Bertz CT molecular complexity index is 1140. The highest BCUT2D eigenvalue weighted by atomic mass is 19.4. The van der Waals surface area contributed by atoms with Crippen LogP contribution in [-0.2, 0) is 6.18 Å². The summed E-state index contributed by atoms with van der Waals surface area (Å²) in [5, 5.41) is 1.03. The average molecular weight is 381 g/mol. The zero-order valence-electron chi connectivity index (χ0n) is 14.4. The van der Waals surface area contributed by atoms with E-state index in [-0.39, 0.29) is 11.5 Å². The van der Waals surface area contributed by atoms with Crippen molar-refractivity contribution in [2.45, 2.75) is 6.18 Å². The molecule has 0 radical (unpaired) electrons. The number of pyridine rings is 2. The van der Waals surface area contributed by atoms with Crippen molar-refractivity contribution in [2.75, 3.05) is 0 Å². The number of hydrogen-bond acceptors (Lipinski definition) is 3. The van der Waals surface area contributed by atoms with Crippen LogP contribution in [0.25, 0.3) is 16.7 Å². The molecule has 2 N–H and O–H groups in total. The minimum Gasteiger partial charge on any atom is -0.383 e. The Morgan fingerprint density at radius 2 is 1.75 bits per heavy atom. The first-order valence-electron chi connectivity index (χ1n) is 8.32. The highest BCUT2D eigenvalue weighted by Crippen LogP contribution is 2.28.